The van der Waals surface area contributed by atoms with E-state index >= 15 is 0 Å². The molecule has 0 aliphatic heterocycles. The number of carbonyl (C=O) groups is 2. The summed E-state index contributed by atoms with van der Waals surface area (Å²) in [5.74, 6) is -1.44. The molecule has 0 aliphatic carbocycles. The average Bonchev–Trinajstić information content (AvgIpc) is 2.66. The number of rotatable bonds is 4. The van der Waals surface area contributed by atoms with E-state index in [0.717, 1.165) is 0 Å². The molecular formula is C7H9N3O4. The fourth-order valence-electron chi connectivity index (χ4n) is 0.710. The van der Waals surface area contributed by atoms with Gasteiger partial charge in [-0.1, -0.05) is 5.16 Å². The first-order valence-electron chi connectivity index (χ1n) is 3.77. The molecule has 0 spiro atoms. The van der Waals surface area contributed by atoms with Gasteiger partial charge in [-0.15, -0.1) is 0 Å². The van der Waals surface area contributed by atoms with E-state index in [4.69, 9.17) is 10.8 Å². The van der Waals surface area contributed by atoms with E-state index in [-0.39, 0.29) is 12.2 Å². The maximum absolute atomic E-state index is 11.1. The monoisotopic (exact) mass is 199 g/mol. The summed E-state index contributed by atoms with van der Waals surface area (Å²) in [7, 11) is 0. The predicted molar refractivity (Wildman–Crippen MR) is 44.0 cm³/mol. The standard InChI is InChI=1S/C7H9N3O4/c8-6(12)5(11)3-9-7(13)4-1-2-14-10-4/h1-2,5,11H,3H2,(H2,8,12)(H,9,13). The fraction of sp³-hybridized carbons (Fsp3) is 0.286. The Balaban J connectivity index is 2.40. The molecular weight excluding hydrogens is 190 g/mol. The van der Waals surface area contributed by atoms with Crippen molar-refractivity contribution in [2.24, 2.45) is 5.73 Å². The number of hydrogen-bond donors (Lipinski definition) is 3. The van der Waals surface area contributed by atoms with Crippen molar-refractivity contribution in [2.75, 3.05) is 6.54 Å². The molecule has 0 saturated carbocycles. The van der Waals surface area contributed by atoms with Crippen molar-refractivity contribution in [1.82, 2.24) is 10.5 Å². The Kier molecular flexibility index (Phi) is 3.19. The summed E-state index contributed by atoms with van der Waals surface area (Å²) in [6, 6.07) is 1.35. The van der Waals surface area contributed by atoms with Crippen LogP contribution in [0.3, 0.4) is 0 Å². The highest BCUT2D eigenvalue weighted by atomic mass is 16.5. The summed E-state index contributed by atoms with van der Waals surface area (Å²) >= 11 is 0. The second-order valence-corrected chi connectivity index (χ2v) is 2.51. The third kappa shape index (κ3) is 2.56. The van der Waals surface area contributed by atoms with Crippen molar-refractivity contribution in [3.63, 3.8) is 0 Å². The van der Waals surface area contributed by atoms with Crippen molar-refractivity contribution in [2.45, 2.75) is 6.10 Å². The van der Waals surface area contributed by atoms with Crippen LogP contribution in [-0.4, -0.2) is 34.7 Å². The third-order valence-electron chi connectivity index (χ3n) is 1.45. The molecule has 76 valence electrons. The number of aromatic nitrogens is 1. The number of aliphatic hydroxyl groups excluding tert-OH is 1. The molecule has 1 aromatic heterocycles. The van der Waals surface area contributed by atoms with E-state index < -0.39 is 17.9 Å². The van der Waals surface area contributed by atoms with Crippen LogP contribution in [0.15, 0.2) is 16.9 Å². The number of carbonyl (C=O) groups excluding carboxylic acids is 2. The van der Waals surface area contributed by atoms with Crippen LogP contribution in [0, 0.1) is 0 Å². The Hall–Kier alpha value is -1.89. The van der Waals surface area contributed by atoms with Gasteiger partial charge in [-0.2, -0.15) is 0 Å². The molecule has 1 rings (SSSR count). The second kappa shape index (κ2) is 4.38. The molecule has 0 aromatic carbocycles. The third-order valence-corrected chi connectivity index (χ3v) is 1.45. The molecule has 1 atom stereocenters. The lowest BCUT2D eigenvalue weighted by molar-refractivity contribution is -0.125. The van der Waals surface area contributed by atoms with Crippen LogP contribution >= 0.6 is 0 Å². The number of nitrogens with two attached hydrogens (primary N) is 1. The number of nitrogens with zero attached hydrogens (tertiary/aromatic N) is 1. The molecule has 0 radical (unpaired) electrons. The van der Waals surface area contributed by atoms with E-state index in [1.807, 2.05) is 0 Å². The Morgan fingerprint density at radius 1 is 1.71 bits per heavy atom. The van der Waals surface area contributed by atoms with Crippen LogP contribution in [0.5, 0.6) is 0 Å². The highest BCUT2D eigenvalue weighted by Crippen LogP contribution is 1.93. The van der Waals surface area contributed by atoms with Gasteiger partial charge in [-0.3, -0.25) is 9.59 Å². The molecule has 0 saturated heterocycles. The van der Waals surface area contributed by atoms with Gasteiger partial charge in [-0.25, -0.2) is 0 Å². The SMILES string of the molecule is NC(=O)C(O)CNC(=O)c1ccon1. The van der Waals surface area contributed by atoms with Gasteiger partial charge < -0.3 is 20.7 Å². The highest BCUT2D eigenvalue weighted by molar-refractivity contribution is 5.92. The van der Waals surface area contributed by atoms with Crippen LogP contribution in [-0.2, 0) is 4.79 Å². The largest absolute Gasteiger partial charge is 0.381 e. The van der Waals surface area contributed by atoms with E-state index in [0.29, 0.717) is 0 Å². The van der Waals surface area contributed by atoms with Gasteiger partial charge in [0.05, 0.1) is 6.54 Å². The van der Waals surface area contributed by atoms with E-state index in [1.165, 1.54) is 12.3 Å². The Labute approximate surface area is 78.9 Å². The molecule has 14 heavy (non-hydrogen) atoms. The number of aliphatic hydroxyl groups is 1. The molecule has 0 aliphatic rings. The van der Waals surface area contributed by atoms with Gasteiger partial charge in [0.15, 0.2) is 5.69 Å². The number of nitrogens with one attached hydrogen (secondary N) is 1. The zero-order valence-electron chi connectivity index (χ0n) is 7.14. The minimum atomic E-state index is -1.40. The quantitative estimate of drug-likeness (QED) is 0.531. The minimum absolute atomic E-state index is 0.0710. The van der Waals surface area contributed by atoms with Gasteiger partial charge >= 0.3 is 0 Å². The molecule has 1 aromatic rings. The first kappa shape index (κ1) is 10.2. The molecule has 1 unspecified atom stereocenters. The van der Waals surface area contributed by atoms with Gasteiger partial charge in [0.1, 0.15) is 12.4 Å². The lowest BCUT2D eigenvalue weighted by atomic mass is 10.3. The highest BCUT2D eigenvalue weighted by Gasteiger charge is 2.14. The van der Waals surface area contributed by atoms with Gasteiger partial charge in [-0.05, 0) is 0 Å². The van der Waals surface area contributed by atoms with Crippen molar-refractivity contribution in [1.29, 1.82) is 0 Å². The minimum Gasteiger partial charge on any atom is -0.381 e. The maximum Gasteiger partial charge on any atom is 0.273 e. The zero-order valence-corrected chi connectivity index (χ0v) is 7.14. The van der Waals surface area contributed by atoms with Crippen molar-refractivity contribution < 1.29 is 19.2 Å². The summed E-state index contributed by atoms with van der Waals surface area (Å²) in [6.45, 7) is -0.249. The van der Waals surface area contributed by atoms with E-state index in [1.54, 1.807) is 0 Å². The molecule has 7 nitrogen and oxygen atoms in total. The summed E-state index contributed by atoms with van der Waals surface area (Å²) in [5, 5.41) is 14.5. The predicted octanol–water partition coefficient (Wildman–Crippen LogP) is -1.75. The van der Waals surface area contributed by atoms with Crippen LogP contribution in [0.2, 0.25) is 0 Å². The van der Waals surface area contributed by atoms with Gasteiger partial charge in [0.25, 0.3) is 5.91 Å². The first-order valence-corrected chi connectivity index (χ1v) is 3.77. The molecule has 0 fully saturated rings. The van der Waals surface area contributed by atoms with Crippen molar-refractivity contribution >= 4 is 11.8 Å². The Bertz CT molecular complexity index is 322. The smallest absolute Gasteiger partial charge is 0.273 e. The van der Waals surface area contributed by atoms with Crippen molar-refractivity contribution in [3.8, 4) is 0 Å². The summed E-state index contributed by atoms with van der Waals surface area (Å²) < 4.78 is 4.42. The maximum atomic E-state index is 11.1. The zero-order chi connectivity index (χ0) is 10.6. The normalized spacial score (nSPS) is 12.1. The average molecular weight is 199 g/mol. The van der Waals surface area contributed by atoms with E-state index in [9.17, 15) is 9.59 Å². The van der Waals surface area contributed by atoms with Crippen LogP contribution < -0.4 is 11.1 Å². The first-order chi connectivity index (χ1) is 6.61. The molecule has 0 bridgehead atoms. The summed E-state index contributed by atoms with van der Waals surface area (Å²) in [5.41, 5.74) is 4.84. The number of hydrogen-bond acceptors (Lipinski definition) is 5. The van der Waals surface area contributed by atoms with Crippen LogP contribution in [0.1, 0.15) is 10.5 Å². The summed E-state index contributed by atoms with van der Waals surface area (Å²) in [4.78, 5) is 21.5. The molecule has 4 N–H and O–H groups in total. The molecule has 1 heterocycles. The lowest BCUT2D eigenvalue weighted by Crippen LogP contribution is -2.40. The van der Waals surface area contributed by atoms with Gasteiger partial charge in [0, 0.05) is 6.07 Å². The lowest BCUT2D eigenvalue weighted by Gasteiger charge is -2.06. The Morgan fingerprint density at radius 3 is 2.93 bits per heavy atom. The fourth-order valence-corrected chi connectivity index (χ4v) is 0.710. The number of primary amides is 1. The molecule has 7 heteroatoms. The number of amides is 2. The van der Waals surface area contributed by atoms with Gasteiger partial charge in [0.2, 0.25) is 5.91 Å². The topological polar surface area (TPSA) is 118 Å². The van der Waals surface area contributed by atoms with Crippen molar-refractivity contribution in [3.05, 3.63) is 18.0 Å². The molecule has 2 amide bonds. The Morgan fingerprint density at radius 2 is 2.43 bits per heavy atom. The van der Waals surface area contributed by atoms with E-state index in [2.05, 4.69) is 15.0 Å². The van der Waals surface area contributed by atoms with Crippen LogP contribution in [0.4, 0.5) is 0 Å². The second-order valence-electron chi connectivity index (χ2n) is 2.51. The van der Waals surface area contributed by atoms with Crippen LogP contribution in [0.25, 0.3) is 0 Å². The summed E-state index contributed by atoms with van der Waals surface area (Å²) in [6.07, 6.45) is -0.162.